The summed E-state index contributed by atoms with van der Waals surface area (Å²) in [5, 5.41) is 6.04. The maximum atomic E-state index is 11.0. The molecule has 0 spiro atoms. The standard InChI is InChI=1S/C9H19ClN2O2/c1-4-8(10)12-7(3)11-6-9(13)14-5-2/h7-8,11-12H,4-6H2,1-3H3/t7-,8-/m0/s1. The number of carbonyl (C=O) groups is 1. The molecule has 4 nitrogen and oxygen atoms in total. The molecule has 0 heterocycles. The van der Waals surface area contributed by atoms with E-state index in [4.69, 9.17) is 16.3 Å². The van der Waals surface area contributed by atoms with Crippen LogP contribution in [0.3, 0.4) is 0 Å². The van der Waals surface area contributed by atoms with Crippen LogP contribution < -0.4 is 10.6 Å². The molecular weight excluding hydrogens is 204 g/mol. The highest BCUT2D eigenvalue weighted by atomic mass is 35.5. The first kappa shape index (κ1) is 13.7. The number of alkyl halides is 1. The minimum absolute atomic E-state index is 0.00172. The van der Waals surface area contributed by atoms with E-state index in [0.29, 0.717) is 6.61 Å². The molecule has 84 valence electrons. The molecule has 0 amide bonds. The van der Waals surface area contributed by atoms with Gasteiger partial charge in [0.15, 0.2) is 0 Å². The quantitative estimate of drug-likeness (QED) is 0.293. The number of hydrogen-bond acceptors (Lipinski definition) is 4. The molecule has 0 saturated carbocycles. The van der Waals surface area contributed by atoms with E-state index in [-0.39, 0.29) is 24.2 Å². The molecule has 2 atom stereocenters. The van der Waals surface area contributed by atoms with E-state index in [1.54, 1.807) is 6.92 Å². The summed E-state index contributed by atoms with van der Waals surface area (Å²) in [6, 6.07) is 0. The molecule has 0 radical (unpaired) electrons. The number of ether oxygens (including phenoxy) is 1. The van der Waals surface area contributed by atoms with Crippen LogP contribution in [0.1, 0.15) is 27.2 Å². The van der Waals surface area contributed by atoms with Crippen molar-refractivity contribution in [2.75, 3.05) is 13.2 Å². The predicted molar refractivity (Wildman–Crippen MR) is 57.2 cm³/mol. The first-order valence-corrected chi connectivity index (χ1v) is 5.32. The summed E-state index contributed by atoms with van der Waals surface area (Å²) in [5.41, 5.74) is -0.0697. The highest BCUT2D eigenvalue weighted by molar-refractivity contribution is 6.20. The van der Waals surface area contributed by atoms with Gasteiger partial charge in [-0.15, -0.1) is 11.6 Å². The predicted octanol–water partition coefficient (Wildman–Crippen LogP) is 1.05. The van der Waals surface area contributed by atoms with E-state index in [0.717, 1.165) is 6.42 Å². The highest BCUT2D eigenvalue weighted by Gasteiger charge is 2.08. The number of nitrogens with one attached hydrogen (secondary N) is 2. The van der Waals surface area contributed by atoms with Crippen molar-refractivity contribution in [3.63, 3.8) is 0 Å². The van der Waals surface area contributed by atoms with Crippen molar-refractivity contribution in [2.45, 2.75) is 38.9 Å². The van der Waals surface area contributed by atoms with Gasteiger partial charge in [0.1, 0.15) is 0 Å². The lowest BCUT2D eigenvalue weighted by atomic mass is 10.4. The molecule has 5 heteroatoms. The number of carbonyl (C=O) groups excluding carboxylic acids is 1. The maximum absolute atomic E-state index is 11.0. The van der Waals surface area contributed by atoms with Gasteiger partial charge >= 0.3 is 5.97 Å². The topological polar surface area (TPSA) is 50.4 Å². The lowest BCUT2D eigenvalue weighted by Gasteiger charge is -2.18. The fourth-order valence-corrected chi connectivity index (χ4v) is 1.09. The second kappa shape index (κ2) is 8.03. The van der Waals surface area contributed by atoms with E-state index in [9.17, 15) is 4.79 Å². The molecule has 0 bridgehead atoms. The highest BCUT2D eigenvalue weighted by Crippen LogP contribution is 1.96. The molecule has 0 aromatic heterocycles. The Balaban J connectivity index is 3.52. The third kappa shape index (κ3) is 7.12. The Morgan fingerprint density at radius 3 is 2.64 bits per heavy atom. The second-order valence-corrected chi connectivity index (χ2v) is 3.48. The van der Waals surface area contributed by atoms with Crippen molar-refractivity contribution in [3.05, 3.63) is 0 Å². The summed E-state index contributed by atoms with van der Waals surface area (Å²) in [7, 11) is 0. The summed E-state index contributed by atoms with van der Waals surface area (Å²) in [5.74, 6) is -0.247. The van der Waals surface area contributed by atoms with Crippen LogP contribution in [0.4, 0.5) is 0 Å². The molecule has 2 N–H and O–H groups in total. The van der Waals surface area contributed by atoms with Crippen LogP contribution in [-0.4, -0.2) is 30.8 Å². The van der Waals surface area contributed by atoms with Crippen LogP contribution in [0.25, 0.3) is 0 Å². The van der Waals surface area contributed by atoms with Gasteiger partial charge in [0.2, 0.25) is 0 Å². The normalized spacial score (nSPS) is 14.9. The molecule has 0 aromatic carbocycles. The van der Waals surface area contributed by atoms with Crippen LogP contribution >= 0.6 is 11.6 Å². The Bertz CT molecular complexity index is 167. The molecule has 0 rings (SSSR count). The number of rotatable bonds is 7. The minimum Gasteiger partial charge on any atom is -0.465 e. The van der Waals surface area contributed by atoms with Gasteiger partial charge in [-0.2, -0.15) is 0 Å². The van der Waals surface area contributed by atoms with Crippen molar-refractivity contribution in [1.29, 1.82) is 0 Å². The Morgan fingerprint density at radius 2 is 2.14 bits per heavy atom. The van der Waals surface area contributed by atoms with Crippen molar-refractivity contribution >= 4 is 17.6 Å². The molecule has 0 unspecified atom stereocenters. The van der Waals surface area contributed by atoms with Gasteiger partial charge in [0, 0.05) is 0 Å². The largest absolute Gasteiger partial charge is 0.465 e. The van der Waals surface area contributed by atoms with Gasteiger partial charge in [-0.1, -0.05) is 6.92 Å². The minimum atomic E-state index is -0.247. The molecular formula is C9H19ClN2O2. The summed E-state index contributed by atoms with van der Waals surface area (Å²) in [6.07, 6.45) is 0.842. The van der Waals surface area contributed by atoms with Crippen molar-refractivity contribution in [2.24, 2.45) is 0 Å². The molecule has 0 aliphatic heterocycles. The zero-order valence-corrected chi connectivity index (χ0v) is 9.73. The van der Waals surface area contributed by atoms with Crippen molar-refractivity contribution in [1.82, 2.24) is 10.6 Å². The Morgan fingerprint density at radius 1 is 1.50 bits per heavy atom. The van der Waals surface area contributed by atoms with Gasteiger partial charge in [0.25, 0.3) is 0 Å². The van der Waals surface area contributed by atoms with Crippen molar-refractivity contribution < 1.29 is 9.53 Å². The van der Waals surface area contributed by atoms with Gasteiger partial charge in [0.05, 0.1) is 24.8 Å². The van der Waals surface area contributed by atoms with Gasteiger partial charge in [-0.3, -0.25) is 15.4 Å². The Hall–Kier alpha value is -0.320. The molecule has 0 aliphatic rings. The molecule has 0 aliphatic carbocycles. The zero-order valence-electron chi connectivity index (χ0n) is 8.97. The fourth-order valence-electron chi connectivity index (χ4n) is 0.896. The average Bonchev–Trinajstić information content (AvgIpc) is 2.15. The Kier molecular flexibility index (Phi) is 7.84. The van der Waals surface area contributed by atoms with Crippen LogP contribution in [-0.2, 0) is 9.53 Å². The van der Waals surface area contributed by atoms with Crippen LogP contribution in [0.5, 0.6) is 0 Å². The second-order valence-electron chi connectivity index (χ2n) is 2.95. The molecule has 0 fully saturated rings. The Labute approximate surface area is 90.3 Å². The molecule has 14 heavy (non-hydrogen) atoms. The van der Waals surface area contributed by atoms with Crippen LogP contribution in [0.15, 0.2) is 0 Å². The van der Waals surface area contributed by atoms with Gasteiger partial charge in [-0.25, -0.2) is 0 Å². The van der Waals surface area contributed by atoms with Crippen LogP contribution in [0, 0.1) is 0 Å². The third-order valence-corrected chi connectivity index (χ3v) is 2.08. The smallest absolute Gasteiger partial charge is 0.319 e. The lowest BCUT2D eigenvalue weighted by molar-refractivity contribution is -0.142. The van der Waals surface area contributed by atoms with Gasteiger partial charge in [-0.05, 0) is 20.3 Å². The summed E-state index contributed by atoms with van der Waals surface area (Å²) in [4.78, 5) is 11.0. The van der Waals surface area contributed by atoms with Gasteiger partial charge < -0.3 is 4.74 Å². The number of halogens is 1. The van der Waals surface area contributed by atoms with E-state index >= 15 is 0 Å². The number of esters is 1. The SMILES string of the molecule is CCOC(=O)CN[C@H](C)N[C@H](Cl)CC. The summed E-state index contributed by atoms with van der Waals surface area (Å²) in [6.45, 7) is 6.29. The maximum Gasteiger partial charge on any atom is 0.319 e. The first-order chi connectivity index (χ1) is 6.60. The summed E-state index contributed by atoms with van der Waals surface area (Å²) >= 11 is 5.87. The lowest BCUT2D eigenvalue weighted by Crippen LogP contribution is -2.45. The average molecular weight is 223 g/mol. The fraction of sp³-hybridized carbons (Fsp3) is 0.889. The third-order valence-electron chi connectivity index (χ3n) is 1.65. The monoisotopic (exact) mass is 222 g/mol. The van der Waals surface area contributed by atoms with E-state index < -0.39 is 0 Å². The summed E-state index contributed by atoms with van der Waals surface area (Å²) < 4.78 is 4.76. The number of hydrogen-bond donors (Lipinski definition) is 2. The molecule has 0 aromatic rings. The first-order valence-electron chi connectivity index (χ1n) is 4.89. The zero-order chi connectivity index (χ0) is 11.0. The van der Waals surface area contributed by atoms with E-state index in [1.165, 1.54) is 0 Å². The van der Waals surface area contributed by atoms with Crippen LogP contribution in [0.2, 0.25) is 0 Å². The molecule has 0 saturated heterocycles. The van der Waals surface area contributed by atoms with Crippen molar-refractivity contribution in [3.8, 4) is 0 Å². The van der Waals surface area contributed by atoms with E-state index in [1.807, 2.05) is 13.8 Å². The van der Waals surface area contributed by atoms with E-state index in [2.05, 4.69) is 10.6 Å².